The van der Waals surface area contributed by atoms with E-state index < -0.39 is 5.97 Å². The fourth-order valence-corrected chi connectivity index (χ4v) is 2.08. The van der Waals surface area contributed by atoms with Crippen molar-refractivity contribution in [1.29, 1.82) is 0 Å². The first-order valence-electron chi connectivity index (χ1n) is 6.54. The summed E-state index contributed by atoms with van der Waals surface area (Å²) in [7, 11) is 4.69. The summed E-state index contributed by atoms with van der Waals surface area (Å²) in [4.78, 5) is 25.5. The Kier molecular flexibility index (Phi) is 4.38. The predicted molar refractivity (Wildman–Crippen MR) is 81.2 cm³/mol. The van der Waals surface area contributed by atoms with Gasteiger partial charge in [0.2, 0.25) is 0 Å². The number of esters is 1. The van der Waals surface area contributed by atoms with Crippen LogP contribution in [0.2, 0.25) is 0 Å². The van der Waals surface area contributed by atoms with E-state index in [0.29, 0.717) is 11.1 Å². The van der Waals surface area contributed by atoms with Crippen LogP contribution in [-0.4, -0.2) is 38.0 Å². The van der Waals surface area contributed by atoms with Gasteiger partial charge in [-0.2, -0.15) is 0 Å². The van der Waals surface area contributed by atoms with Crippen molar-refractivity contribution in [2.24, 2.45) is 0 Å². The number of benzene rings is 2. The second-order valence-electron chi connectivity index (χ2n) is 4.82. The van der Waals surface area contributed by atoms with Gasteiger partial charge >= 0.3 is 5.97 Å². The number of ether oxygens (including phenoxy) is 1. The van der Waals surface area contributed by atoms with Gasteiger partial charge in [0.1, 0.15) is 0 Å². The number of nitrogens with zero attached hydrogens (tertiary/aromatic N) is 1. The predicted octanol–water partition coefficient (Wildman–Crippen LogP) is 2.84. The third-order valence-corrected chi connectivity index (χ3v) is 3.16. The molecule has 0 bridgehead atoms. The van der Waals surface area contributed by atoms with Gasteiger partial charge in [0.25, 0.3) is 5.91 Å². The first-order chi connectivity index (χ1) is 10.0. The van der Waals surface area contributed by atoms with E-state index >= 15 is 0 Å². The van der Waals surface area contributed by atoms with Gasteiger partial charge in [-0.1, -0.05) is 36.4 Å². The third kappa shape index (κ3) is 3.11. The zero-order valence-corrected chi connectivity index (χ0v) is 12.3. The van der Waals surface area contributed by atoms with E-state index in [1.54, 1.807) is 32.3 Å². The number of amides is 1. The molecule has 0 saturated heterocycles. The first-order valence-corrected chi connectivity index (χ1v) is 6.54. The van der Waals surface area contributed by atoms with Crippen molar-refractivity contribution >= 4 is 11.9 Å². The molecule has 0 atom stereocenters. The first kappa shape index (κ1) is 14.8. The zero-order chi connectivity index (χ0) is 15.4. The van der Waals surface area contributed by atoms with E-state index in [1.165, 1.54) is 12.0 Å². The van der Waals surface area contributed by atoms with E-state index in [-0.39, 0.29) is 5.91 Å². The number of carbonyl (C=O) groups excluding carboxylic acids is 2. The van der Waals surface area contributed by atoms with E-state index in [0.717, 1.165) is 11.1 Å². The fourth-order valence-electron chi connectivity index (χ4n) is 2.08. The summed E-state index contributed by atoms with van der Waals surface area (Å²) in [5.41, 5.74) is 2.57. The Labute approximate surface area is 124 Å². The van der Waals surface area contributed by atoms with Crippen molar-refractivity contribution in [1.82, 2.24) is 4.90 Å². The number of methoxy groups -OCH3 is 1. The fraction of sp³-hybridized carbons (Fsp3) is 0.176. The van der Waals surface area contributed by atoms with Crippen molar-refractivity contribution in [2.75, 3.05) is 21.2 Å². The summed E-state index contributed by atoms with van der Waals surface area (Å²) in [5, 5.41) is 0. The minimum Gasteiger partial charge on any atom is -0.465 e. The molecule has 0 heterocycles. The lowest BCUT2D eigenvalue weighted by molar-refractivity contribution is 0.0600. The molecular weight excluding hydrogens is 266 g/mol. The number of carbonyl (C=O) groups is 2. The molecule has 0 N–H and O–H groups in total. The SMILES string of the molecule is COC(=O)c1ccc(-c2ccccc2)c(C(=O)N(C)C)c1. The molecule has 2 aromatic carbocycles. The molecule has 0 saturated carbocycles. The van der Waals surface area contributed by atoms with Crippen molar-refractivity contribution in [3.63, 3.8) is 0 Å². The van der Waals surface area contributed by atoms with Crippen molar-refractivity contribution in [3.05, 3.63) is 59.7 Å². The molecule has 0 aliphatic carbocycles. The maximum absolute atomic E-state index is 12.4. The molecule has 21 heavy (non-hydrogen) atoms. The third-order valence-electron chi connectivity index (χ3n) is 3.16. The maximum Gasteiger partial charge on any atom is 0.337 e. The second kappa shape index (κ2) is 6.22. The van der Waals surface area contributed by atoms with Crippen LogP contribution in [0, 0.1) is 0 Å². The van der Waals surface area contributed by atoms with Gasteiger partial charge in [0.15, 0.2) is 0 Å². The van der Waals surface area contributed by atoms with Gasteiger partial charge in [-0.05, 0) is 23.3 Å². The normalized spacial score (nSPS) is 10.0. The second-order valence-corrected chi connectivity index (χ2v) is 4.82. The largest absolute Gasteiger partial charge is 0.465 e. The summed E-state index contributed by atoms with van der Waals surface area (Å²) in [6.07, 6.45) is 0. The molecule has 4 heteroatoms. The molecule has 0 spiro atoms. The van der Waals surface area contributed by atoms with Gasteiger partial charge in [-0.3, -0.25) is 4.79 Å². The Morgan fingerprint density at radius 2 is 1.67 bits per heavy atom. The van der Waals surface area contributed by atoms with Crippen LogP contribution in [0.5, 0.6) is 0 Å². The highest BCUT2D eigenvalue weighted by Gasteiger charge is 2.17. The van der Waals surface area contributed by atoms with Crippen LogP contribution in [-0.2, 0) is 4.74 Å². The average molecular weight is 283 g/mol. The van der Waals surface area contributed by atoms with Gasteiger partial charge in [0, 0.05) is 19.7 Å². The number of hydrogen-bond acceptors (Lipinski definition) is 3. The molecule has 0 radical (unpaired) electrons. The molecule has 0 aromatic heterocycles. The molecule has 4 nitrogen and oxygen atoms in total. The van der Waals surface area contributed by atoms with Gasteiger partial charge < -0.3 is 9.64 Å². The summed E-state index contributed by atoms with van der Waals surface area (Å²) < 4.78 is 4.71. The standard InChI is InChI=1S/C17H17NO3/c1-18(2)16(19)15-11-13(17(20)21-3)9-10-14(15)12-7-5-4-6-8-12/h4-11H,1-3H3. The highest BCUT2D eigenvalue weighted by Crippen LogP contribution is 2.26. The summed E-state index contributed by atoms with van der Waals surface area (Å²) in [5.74, 6) is -0.609. The highest BCUT2D eigenvalue weighted by molar-refractivity contribution is 6.03. The van der Waals surface area contributed by atoms with Crippen LogP contribution in [0.25, 0.3) is 11.1 Å². The van der Waals surface area contributed by atoms with Crippen LogP contribution in [0.4, 0.5) is 0 Å². The topological polar surface area (TPSA) is 46.6 Å². The number of hydrogen-bond donors (Lipinski definition) is 0. The van der Waals surface area contributed by atoms with Crippen LogP contribution >= 0.6 is 0 Å². The summed E-state index contributed by atoms with van der Waals surface area (Å²) in [6.45, 7) is 0. The highest BCUT2D eigenvalue weighted by atomic mass is 16.5. The van der Waals surface area contributed by atoms with Crippen LogP contribution in [0.3, 0.4) is 0 Å². The minimum absolute atomic E-state index is 0.153. The molecule has 0 fully saturated rings. The molecule has 0 unspecified atom stereocenters. The average Bonchev–Trinajstić information content (AvgIpc) is 2.53. The summed E-state index contributed by atoms with van der Waals surface area (Å²) >= 11 is 0. The Morgan fingerprint density at radius 1 is 1.00 bits per heavy atom. The Hall–Kier alpha value is -2.62. The van der Waals surface area contributed by atoms with Crippen molar-refractivity contribution in [3.8, 4) is 11.1 Å². The maximum atomic E-state index is 12.4. The molecule has 0 aliphatic rings. The van der Waals surface area contributed by atoms with E-state index in [4.69, 9.17) is 4.74 Å². The molecule has 108 valence electrons. The minimum atomic E-state index is -0.456. The Balaban J connectivity index is 2.60. The Morgan fingerprint density at radius 3 is 2.24 bits per heavy atom. The molecular formula is C17H17NO3. The van der Waals surface area contributed by atoms with Gasteiger partial charge in [0.05, 0.1) is 12.7 Å². The molecule has 2 rings (SSSR count). The van der Waals surface area contributed by atoms with Crippen LogP contribution < -0.4 is 0 Å². The van der Waals surface area contributed by atoms with Crippen LogP contribution in [0.15, 0.2) is 48.5 Å². The zero-order valence-electron chi connectivity index (χ0n) is 12.3. The lowest BCUT2D eigenvalue weighted by Gasteiger charge is -2.15. The van der Waals surface area contributed by atoms with Crippen LogP contribution in [0.1, 0.15) is 20.7 Å². The quantitative estimate of drug-likeness (QED) is 0.814. The molecule has 1 amide bonds. The Bertz CT molecular complexity index is 663. The lowest BCUT2D eigenvalue weighted by atomic mass is 9.96. The summed E-state index contributed by atoms with van der Waals surface area (Å²) in [6, 6.07) is 14.6. The van der Waals surface area contributed by atoms with Gasteiger partial charge in [-0.25, -0.2) is 4.79 Å². The van der Waals surface area contributed by atoms with Crippen molar-refractivity contribution in [2.45, 2.75) is 0 Å². The van der Waals surface area contributed by atoms with Crippen molar-refractivity contribution < 1.29 is 14.3 Å². The smallest absolute Gasteiger partial charge is 0.337 e. The number of rotatable bonds is 3. The van der Waals surface area contributed by atoms with Gasteiger partial charge in [-0.15, -0.1) is 0 Å². The monoisotopic (exact) mass is 283 g/mol. The van der Waals surface area contributed by atoms with E-state index in [9.17, 15) is 9.59 Å². The lowest BCUT2D eigenvalue weighted by Crippen LogP contribution is -2.23. The molecule has 2 aromatic rings. The van der Waals surface area contributed by atoms with E-state index in [2.05, 4.69) is 0 Å². The molecule has 0 aliphatic heterocycles. The van der Waals surface area contributed by atoms with E-state index in [1.807, 2.05) is 30.3 Å².